The van der Waals surface area contributed by atoms with E-state index in [1.54, 1.807) is 0 Å². The minimum Gasteiger partial charge on any atom is -0.388 e. The first-order chi connectivity index (χ1) is 9.58. The van der Waals surface area contributed by atoms with Gasteiger partial charge in [-0.25, -0.2) is 0 Å². The molecule has 1 heterocycles. The fourth-order valence-electron chi connectivity index (χ4n) is 3.21. The minimum absolute atomic E-state index is 0.0184. The average molecular weight is 285 g/mol. The molecular weight excluding hydrogens is 258 g/mol. The van der Waals surface area contributed by atoms with Crippen LogP contribution >= 0.6 is 0 Å². The fourth-order valence-corrected chi connectivity index (χ4v) is 3.21. The third-order valence-electron chi connectivity index (χ3n) is 4.39. The first-order valence-corrected chi connectivity index (χ1v) is 7.81. The monoisotopic (exact) mass is 285 g/mol. The van der Waals surface area contributed by atoms with Gasteiger partial charge in [-0.15, -0.1) is 0 Å². The van der Waals surface area contributed by atoms with Crippen LogP contribution in [-0.4, -0.2) is 48.6 Å². The summed E-state index contributed by atoms with van der Waals surface area (Å²) in [6.45, 7) is 5.74. The molecule has 2 rings (SSSR count). The summed E-state index contributed by atoms with van der Waals surface area (Å²) >= 11 is 0. The molecule has 5 heteroatoms. The second kappa shape index (κ2) is 6.87. The lowest BCUT2D eigenvalue weighted by Crippen LogP contribution is -2.56. The number of hydrogen-bond acceptors (Lipinski definition) is 4. The highest BCUT2D eigenvalue weighted by atomic mass is 16.5. The van der Waals surface area contributed by atoms with Crippen LogP contribution in [-0.2, 0) is 14.3 Å². The van der Waals surface area contributed by atoms with Gasteiger partial charge < -0.3 is 19.9 Å². The number of carbonyl (C=O) groups is 1. The molecule has 1 aliphatic carbocycles. The Hall–Kier alpha value is -0.650. The van der Waals surface area contributed by atoms with Gasteiger partial charge in [-0.1, -0.05) is 6.92 Å². The molecule has 5 nitrogen and oxygen atoms in total. The van der Waals surface area contributed by atoms with Gasteiger partial charge in [0, 0.05) is 32.6 Å². The summed E-state index contributed by atoms with van der Waals surface area (Å²) in [6.07, 6.45) is 4.06. The Kier molecular flexibility index (Phi) is 5.41. The van der Waals surface area contributed by atoms with Crippen molar-refractivity contribution in [1.29, 1.82) is 0 Å². The highest BCUT2D eigenvalue weighted by Gasteiger charge is 2.44. The minimum atomic E-state index is -0.785. The predicted molar refractivity (Wildman–Crippen MR) is 75.4 cm³/mol. The van der Waals surface area contributed by atoms with E-state index in [1.165, 1.54) is 0 Å². The maximum atomic E-state index is 12.2. The van der Waals surface area contributed by atoms with Crippen LogP contribution in [0.4, 0.5) is 0 Å². The molecule has 2 N–H and O–H groups in total. The lowest BCUT2D eigenvalue weighted by Gasteiger charge is -2.43. The topological polar surface area (TPSA) is 67.8 Å². The highest BCUT2D eigenvalue weighted by Crippen LogP contribution is 2.34. The predicted octanol–water partition coefficient (Wildman–Crippen LogP) is 1.24. The molecule has 0 aromatic carbocycles. The van der Waals surface area contributed by atoms with Crippen molar-refractivity contribution in [3.05, 3.63) is 0 Å². The van der Waals surface area contributed by atoms with E-state index in [2.05, 4.69) is 5.32 Å². The zero-order valence-electron chi connectivity index (χ0n) is 12.6. The van der Waals surface area contributed by atoms with Gasteiger partial charge in [0.1, 0.15) is 0 Å². The molecule has 0 unspecified atom stereocenters. The summed E-state index contributed by atoms with van der Waals surface area (Å²) in [5.74, 6) is -0.0510. The van der Waals surface area contributed by atoms with E-state index in [4.69, 9.17) is 9.47 Å². The molecule has 1 saturated carbocycles. The molecular formula is C15H27NO4. The van der Waals surface area contributed by atoms with E-state index in [9.17, 15) is 9.90 Å². The van der Waals surface area contributed by atoms with E-state index >= 15 is 0 Å². The van der Waals surface area contributed by atoms with E-state index in [0.717, 1.165) is 25.9 Å². The Morgan fingerprint density at radius 2 is 2.20 bits per heavy atom. The smallest absolute Gasteiger partial charge is 0.225 e. The normalized spacial score (nSPS) is 37.2. The average Bonchev–Trinajstić information content (AvgIpc) is 2.43. The molecule has 0 radical (unpaired) electrons. The van der Waals surface area contributed by atoms with Gasteiger partial charge in [0.05, 0.1) is 23.7 Å². The van der Waals surface area contributed by atoms with E-state index in [0.29, 0.717) is 26.0 Å². The number of aliphatic hydroxyl groups is 1. The van der Waals surface area contributed by atoms with E-state index in [1.807, 2.05) is 13.8 Å². The standard InChI is InChI=1S/C15H27NO4/c1-3-13-12(6-5-7-20-13)14(17)16-10-15(18)8-11(9-15)19-4-2/h11-13,18H,3-10H2,1-2H3,(H,16,17)/t11?,12-,13+,15?/m1/s1. The zero-order valence-corrected chi connectivity index (χ0v) is 12.6. The van der Waals surface area contributed by atoms with Gasteiger partial charge in [-0.2, -0.15) is 0 Å². The largest absolute Gasteiger partial charge is 0.388 e. The van der Waals surface area contributed by atoms with Crippen LogP contribution in [0.25, 0.3) is 0 Å². The van der Waals surface area contributed by atoms with Crippen molar-refractivity contribution in [1.82, 2.24) is 5.32 Å². The molecule has 0 bridgehead atoms. The second-order valence-electron chi connectivity index (χ2n) is 5.99. The molecule has 2 fully saturated rings. The number of amides is 1. The molecule has 1 saturated heterocycles. The fraction of sp³-hybridized carbons (Fsp3) is 0.933. The second-order valence-corrected chi connectivity index (χ2v) is 5.99. The number of ether oxygens (including phenoxy) is 2. The third-order valence-corrected chi connectivity index (χ3v) is 4.39. The zero-order chi connectivity index (χ0) is 14.6. The summed E-state index contributed by atoms with van der Waals surface area (Å²) in [6, 6.07) is 0. The van der Waals surface area contributed by atoms with E-state index in [-0.39, 0.29) is 24.0 Å². The van der Waals surface area contributed by atoms with Gasteiger partial charge in [-0.05, 0) is 26.2 Å². The molecule has 20 heavy (non-hydrogen) atoms. The highest BCUT2D eigenvalue weighted by molar-refractivity contribution is 5.79. The number of nitrogens with one attached hydrogen (secondary N) is 1. The Bertz CT molecular complexity index is 328. The van der Waals surface area contributed by atoms with Gasteiger partial charge >= 0.3 is 0 Å². The molecule has 0 aromatic rings. The van der Waals surface area contributed by atoms with Gasteiger partial charge in [0.25, 0.3) is 0 Å². The van der Waals surface area contributed by atoms with Crippen molar-refractivity contribution in [3.63, 3.8) is 0 Å². The summed E-state index contributed by atoms with van der Waals surface area (Å²) in [4.78, 5) is 12.2. The van der Waals surface area contributed by atoms with Crippen molar-refractivity contribution < 1.29 is 19.4 Å². The van der Waals surface area contributed by atoms with Crippen LogP contribution in [0.3, 0.4) is 0 Å². The summed E-state index contributed by atoms with van der Waals surface area (Å²) in [7, 11) is 0. The summed E-state index contributed by atoms with van der Waals surface area (Å²) in [5.41, 5.74) is -0.785. The van der Waals surface area contributed by atoms with Crippen LogP contribution in [0.5, 0.6) is 0 Å². The quantitative estimate of drug-likeness (QED) is 0.770. The number of carbonyl (C=O) groups excluding carboxylic acids is 1. The van der Waals surface area contributed by atoms with Crippen molar-refractivity contribution in [2.75, 3.05) is 19.8 Å². The number of rotatable bonds is 6. The molecule has 1 aliphatic heterocycles. The maximum Gasteiger partial charge on any atom is 0.225 e. The first kappa shape index (κ1) is 15.7. The van der Waals surface area contributed by atoms with Crippen LogP contribution < -0.4 is 5.32 Å². The van der Waals surface area contributed by atoms with Crippen molar-refractivity contribution in [2.24, 2.45) is 5.92 Å². The van der Waals surface area contributed by atoms with Crippen LogP contribution in [0, 0.1) is 5.92 Å². The molecule has 2 aliphatic rings. The van der Waals surface area contributed by atoms with Crippen LogP contribution in [0.15, 0.2) is 0 Å². The Labute approximate surface area is 121 Å². The lowest BCUT2D eigenvalue weighted by molar-refractivity contribution is -0.147. The molecule has 0 aromatic heterocycles. The van der Waals surface area contributed by atoms with Gasteiger partial charge in [0.15, 0.2) is 0 Å². The van der Waals surface area contributed by atoms with Crippen LogP contribution in [0.1, 0.15) is 46.0 Å². The van der Waals surface area contributed by atoms with Gasteiger partial charge in [-0.3, -0.25) is 4.79 Å². The Morgan fingerprint density at radius 3 is 2.85 bits per heavy atom. The number of hydrogen-bond donors (Lipinski definition) is 2. The SMILES string of the molecule is CCOC1CC(O)(CNC(=O)[C@@H]2CCCO[C@H]2CC)C1. The van der Waals surface area contributed by atoms with Crippen molar-refractivity contribution >= 4 is 5.91 Å². The first-order valence-electron chi connectivity index (χ1n) is 7.81. The maximum absolute atomic E-state index is 12.2. The molecule has 1 amide bonds. The van der Waals surface area contributed by atoms with Crippen LogP contribution in [0.2, 0.25) is 0 Å². The summed E-state index contributed by atoms with van der Waals surface area (Å²) < 4.78 is 11.1. The molecule has 0 spiro atoms. The molecule has 116 valence electrons. The third kappa shape index (κ3) is 3.71. The Balaban J connectivity index is 1.75. The van der Waals surface area contributed by atoms with Crippen molar-refractivity contribution in [3.8, 4) is 0 Å². The van der Waals surface area contributed by atoms with Gasteiger partial charge in [0.2, 0.25) is 5.91 Å². The van der Waals surface area contributed by atoms with Crippen molar-refractivity contribution in [2.45, 2.75) is 63.8 Å². The summed E-state index contributed by atoms with van der Waals surface area (Å²) in [5, 5.41) is 13.1. The Morgan fingerprint density at radius 1 is 1.45 bits per heavy atom. The lowest BCUT2D eigenvalue weighted by atomic mass is 9.77. The molecule has 2 atom stereocenters. The van der Waals surface area contributed by atoms with E-state index < -0.39 is 5.60 Å².